The second-order valence-electron chi connectivity index (χ2n) is 12.9. The zero-order valence-corrected chi connectivity index (χ0v) is 25.7. The molecule has 3 aromatic rings. The van der Waals surface area contributed by atoms with Crippen molar-refractivity contribution in [3.63, 3.8) is 0 Å². The van der Waals surface area contributed by atoms with Crippen LogP contribution in [0.15, 0.2) is 52.5 Å². The Balaban J connectivity index is 1.40. The molecule has 1 aliphatic carbocycles. The van der Waals surface area contributed by atoms with Crippen LogP contribution in [0.2, 0.25) is 0 Å². The van der Waals surface area contributed by atoms with E-state index >= 15 is 0 Å². The summed E-state index contributed by atoms with van der Waals surface area (Å²) >= 11 is 0. The van der Waals surface area contributed by atoms with Crippen molar-refractivity contribution in [1.29, 1.82) is 0 Å². The number of likely N-dealkylation sites (tertiary alicyclic amines) is 1. The molecule has 0 radical (unpaired) electrons. The molecule has 3 aromatic heterocycles. The quantitative estimate of drug-likeness (QED) is 0.437. The van der Waals surface area contributed by atoms with E-state index in [1.165, 1.54) is 0 Å². The Morgan fingerprint density at radius 1 is 1.14 bits per heavy atom. The van der Waals surface area contributed by atoms with Crippen LogP contribution in [0.3, 0.4) is 0 Å². The number of allylic oxidation sites excluding steroid dienone is 2. The highest BCUT2D eigenvalue weighted by Crippen LogP contribution is 2.35. The molecule has 2 N–H and O–H groups in total. The molecule has 2 amide bonds. The maximum atomic E-state index is 13.2. The predicted molar refractivity (Wildman–Crippen MR) is 159 cm³/mol. The highest BCUT2D eigenvalue weighted by molar-refractivity contribution is 5.90. The molecule has 43 heavy (non-hydrogen) atoms. The summed E-state index contributed by atoms with van der Waals surface area (Å²) in [4.78, 5) is 41.5. The van der Waals surface area contributed by atoms with E-state index in [-0.39, 0.29) is 23.2 Å². The second-order valence-corrected chi connectivity index (χ2v) is 12.9. The van der Waals surface area contributed by atoms with Gasteiger partial charge in [-0.05, 0) is 50.8 Å². The Labute approximate surface area is 250 Å². The Kier molecular flexibility index (Phi) is 8.08. The van der Waals surface area contributed by atoms with Crippen molar-refractivity contribution in [1.82, 2.24) is 40.1 Å². The number of aromatic nitrogens is 6. The summed E-state index contributed by atoms with van der Waals surface area (Å²) in [6.45, 7) is 12.1. The smallest absolute Gasteiger partial charge is 0.410 e. The average Bonchev–Trinajstić information content (AvgIpc) is 3.55. The molecule has 5 rings (SSSR count). The summed E-state index contributed by atoms with van der Waals surface area (Å²) in [6.07, 6.45) is 10.3. The topological polar surface area (TPSA) is 153 Å². The van der Waals surface area contributed by atoms with Crippen molar-refractivity contribution in [2.75, 3.05) is 18.4 Å². The number of fused-ring (bicyclic) bond motifs is 1. The molecule has 13 heteroatoms. The van der Waals surface area contributed by atoms with E-state index in [1.807, 2.05) is 60.9 Å². The van der Waals surface area contributed by atoms with Gasteiger partial charge >= 0.3 is 6.09 Å². The molecular weight excluding hydrogens is 550 g/mol. The fraction of sp³-hybridized carbons (Fsp3) is 0.500. The van der Waals surface area contributed by atoms with Crippen molar-refractivity contribution in [2.24, 2.45) is 7.05 Å². The fourth-order valence-corrected chi connectivity index (χ4v) is 4.96. The number of nitrogens with one attached hydrogen (secondary N) is 2. The first kappa shape index (κ1) is 29.9. The normalized spacial score (nSPS) is 19.1. The number of hydrogen-bond acceptors (Lipinski definition) is 10. The van der Waals surface area contributed by atoms with Crippen molar-refractivity contribution in [3.05, 3.63) is 65.4 Å². The molecule has 1 aliphatic heterocycles. The van der Waals surface area contributed by atoms with E-state index in [1.54, 1.807) is 22.0 Å². The van der Waals surface area contributed by atoms with E-state index in [0.717, 1.165) is 22.5 Å². The van der Waals surface area contributed by atoms with Crippen molar-refractivity contribution in [2.45, 2.75) is 77.4 Å². The molecule has 228 valence electrons. The Bertz CT molecular complexity index is 1560. The molecule has 1 saturated heterocycles. The van der Waals surface area contributed by atoms with Crippen molar-refractivity contribution < 1.29 is 18.8 Å². The number of ether oxygens (including phenoxy) is 1. The number of carbonyl (C=O) groups is 2. The van der Waals surface area contributed by atoms with Crippen LogP contribution < -0.4 is 10.6 Å². The van der Waals surface area contributed by atoms with Gasteiger partial charge in [0, 0.05) is 43.9 Å². The maximum Gasteiger partial charge on any atom is 0.410 e. The number of carbonyl (C=O) groups excluding carboxylic acids is 2. The SMILES string of the molecule is Cn1cc(Nc2nccc(C3C=C4CN(C(=O)OC(C)(C)C)CC[C@@H](NC(=O)c5noc(C(C)(C)C)n5)C4=CC3)n2)cn1. The van der Waals surface area contributed by atoms with Crippen LogP contribution in [-0.2, 0) is 17.2 Å². The Hall–Kier alpha value is -4.55. The zero-order valence-electron chi connectivity index (χ0n) is 25.7. The van der Waals surface area contributed by atoms with Gasteiger partial charge in [-0.25, -0.2) is 14.8 Å². The van der Waals surface area contributed by atoms with Crippen LogP contribution >= 0.6 is 0 Å². The minimum atomic E-state index is -0.638. The standard InChI is InChI=1S/C30H39N9O4/c1-29(2,3)26-36-24(37-43-26)25(40)34-23-11-13-39(28(41)42-30(4,5)6)16-19-14-18(8-9-21(19)23)22-10-12-31-27(35-22)33-20-15-32-38(7)17-20/h9-10,12,14-15,17-18,23H,8,11,13,16H2,1-7H3,(H,34,40)(H,31,33,35)/t18?,23-/m1/s1. The lowest BCUT2D eigenvalue weighted by atomic mass is 9.85. The molecule has 13 nitrogen and oxygen atoms in total. The first-order valence-corrected chi connectivity index (χ1v) is 14.4. The van der Waals surface area contributed by atoms with Gasteiger partial charge in [-0.1, -0.05) is 38.1 Å². The van der Waals surface area contributed by atoms with Crippen LogP contribution in [0.25, 0.3) is 0 Å². The lowest BCUT2D eigenvalue weighted by molar-refractivity contribution is 0.0270. The third kappa shape index (κ3) is 7.27. The molecule has 2 aliphatic rings. The molecule has 0 saturated carbocycles. The van der Waals surface area contributed by atoms with Crippen molar-refractivity contribution >= 4 is 23.6 Å². The highest BCUT2D eigenvalue weighted by Gasteiger charge is 2.34. The van der Waals surface area contributed by atoms with Gasteiger partial charge in [0.2, 0.25) is 11.8 Å². The van der Waals surface area contributed by atoms with Gasteiger partial charge in [0.25, 0.3) is 11.7 Å². The third-order valence-corrected chi connectivity index (χ3v) is 7.03. The molecule has 2 atom stereocenters. The minimum absolute atomic E-state index is 0.0207. The summed E-state index contributed by atoms with van der Waals surface area (Å²) in [7, 11) is 1.84. The van der Waals surface area contributed by atoms with E-state index in [2.05, 4.69) is 43.0 Å². The van der Waals surface area contributed by atoms with Crippen molar-refractivity contribution in [3.8, 4) is 0 Å². The van der Waals surface area contributed by atoms with E-state index in [0.29, 0.717) is 37.8 Å². The van der Waals surface area contributed by atoms with Crippen LogP contribution in [0.4, 0.5) is 16.4 Å². The first-order valence-electron chi connectivity index (χ1n) is 14.4. The number of aryl methyl sites for hydroxylation is 1. The zero-order chi connectivity index (χ0) is 30.9. The summed E-state index contributed by atoms with van der Waals surface area (Å²) in [5.41, 5.74) is 2.48. The monoisotopic (exact) mass is 589 g/mol. The Morgan fingerprint density at radius 2 is 1.93 bits per heavy atom. The molecule has 1 fully saturated rings. The summed E-state index contributed by atoms with van der Waals surface area (Å²) in [5, 5.41) is 14.4. The minimum Gasteiger partial charge on any atom is -0.444 e. The van der Waals surface area contributed by atoms with Gasteiger partial charge in [-0.2, -0.15) is 10.1 Å². The third-order valence-electron chi connectivity index (χ3n) is 7.03. The summed E-state index contributed by atoms with van der Waals surface area (Å²) in [5.74, 6) is 0.344. The maximum absolute atomic E-state index is 13.2. The second kappa shape index (κ2) is 11.6. The number of rotatable bonds is 5. The molecule has 0 aromatic carbocycles. The fourth-order valence-electron chi connectivity index (χ4n) is 4.96. The van der Waals surface area contributed by atoms with Gasteiger partial charge in [-0.3, -0.25) is 9.48 Å². The summed E-state index contributed by atoms with van der Waals surface area (Å²) in [6, 6.07) is 1.52. The van der Waals surface area contributed by atoms with Gasteiger partial charge in [-0.15, -0.1) is 0 Å². The van der Waals surface area contributed by atoms with Gasteiger partial charge in [0.1, 0.15) is 5.60 Å². The predicted octanol–water partition coefficient (Wildman–Crippen LogP) is 4.41. The van der Waals surface area contributed by atoms with Gasteiger partial charge in [0.15, 0.2) is 0 Å². The number of hydrogen-bond donors (Lipinski definition) is 2. The number of anilines is 2. The van der Waals surface area contributed by atoms with E-state index in [9.17, 15) is 9.59 Å². The molecule has 4 heterocycles. The van der Waals surface area contributed by atoms with E-state index in [4.69, 9.17) is 14.2 Å². The molecule has 1 unspecified atom stereocenters. The Morgan fingerprint density at radius 3 is 2.60 bits per heavy atom. The largest absolute Gasteiger partial charge is 0.444 e. The number of amides is 2. The van der Waals surface area contributed by atoms with Crippen LogP contribution in [0, 0.1) is 0 Å². The molecular formula is C30H39N9O4. The van der Waals surface area contributed by atoms with Gasteiger partial charge in [0.05, 0.1) is 23.6 Å². The lowest BCUT2D eigenvalue weighted by Gasteiger charge is -2.28. The number of nitrogens with zero attached hydrogens (tertiary/aromatic N) is 7. The van der Waals surface area contributed by atoms with E-state index < -0.39 is 17.6 Å². The van der Waals surface area contributed by atoms with Crippen LogP contribution in [0.5, 0.6) is 0 Å². The average molecular weight is 590 g/mol. The lowest BCUT2D eigenvalue weighted by Crippen LogP contribution is -2.39. The molecule has 0 bridgehead atoms. The highest BCUT2D eigenvalue weighted by atomic mass is 16.6. The first-order chi connectivity index (χ1) is 20.2. The molecule has 0 spiro atoms. The van der Waals surface area contributed by atoms with Crippen LogP contribution in [0.1, 0.15) is 82.5 Å². The summed E-state index contributed by atoms with van der Waals surface area (Å²) < 4.78 is 12.7. The van der Waals surface area contributed by atoms with Crippen LogP contribution in [-0.4, -0.2) is 71.5 Å². The van der Waals surface area contributed by atoms with Gasteiger partial charge < -0.3 is 24.8 Å².